The van der Waals surface area contributed by atoms with Crippen molar-refractivity contribution in [1.82, 2.24) is 0 Å². The van der Waals surface area contributed by atoms with Crippen LogP contribution in [0.3, 0.4) is 0 Å². The largest absolute Gasteiger partial charge is 0.493 e. The average Bonchev–Trinajstić information content (AvgIpc) is 2.90. The van der Waals surface area contributed by atoms with E-state index < -0.39 is 5.54 Å². The second kappa shape index (κ2) is 10.4. The Balaban J connectivity index is 1.74. The molecule has 0 aliphatic carbocycles. The second-order valence-corrected chi connectivity index (χ2v) is 8.14. The van der Waals surface area contributed by atoms with E-state index in [9.17, 15) is 9.59 Å². The zero-order chi connectivity index (χ0) is 25.7. The SMILES string of the molecule is COc1ccc(NC(=O)C2(C=Cc3ccccc3)CC(=O)N2c2ccc(OC)c(OC)c2)cc1OC. The highest BCUT2D eigenvalue weighted by Gasteiger charge is 2.55. The fourth-order valence-corrected chi connectivity index (χ4v) is 4.20. The van der Waals surface area contributed by atoms with E-state index in [1.54, 1.807) is 49.6 Å². The van der Waals surface area contributed by atoms with E-state index >= 15 is 0 Å². The summed E-state index contributed by atoms with van der Waals surface area (Å²) in [6.07, 6.45) is 3.61. The van der Waals surface area contributed by atoms with Crippen molar-refractivity contribution in [3.05, 3.63) is 78.4 Å². The minimum Gasteiger partial charge on any atom is -0.493 e. The highest BCUT2D eigenvalue weighted by atomic mass is 16.5. The molecule has 3 aromatic carbocycles. The standard InChI is InChI=1S/C28H28N2O6/c1-33-22-12-10-20(16-24(22)35-3)29-27(32)28(15-14-19-8-6-5-7-9-19)18-26(31)30(28)21-11-13-23(34-2)25(17-21)36-4/h5-17H,18H2,1-4H3,(H,29,32). The maximum absolute atomic E-state index is 13.8. The summed E-state index contributed by atoms with van der Waals surface area (Å²) in [5, 5.41) is 2.94. The van der Waals surface area contributed by atoms with E-state index in [1.807, 2.05) is 36.4 Å². The van der Waals surface area contributed by atoms with Crippen LogP contribution in [0.1, 0.15) is 12.0 Å². The van der Waals surface area contributed by atoms with Crippen LogP contribution >= 0.6 is 0 Å². The van der Waals surface area contributed by atoms with Crippen molar-refractivity contribution in [1.29, 1.82) is 0 Å². The first-order valence-electron chi connectivity index (χ1n) is 11.3. The minimum absolute atomic E-state index is 0.00377. The Labute approximate surface area is 210 Å². The van der Waals surface area contributed by atoms with Gasteiger partial charge in [-0.25, -0.2) is 0 Å². The zero-order valence-electron chi connectivity index (χ0n) is 20.6. The fraction of sp³-hybridized carbons (Fsp3) is 0.214. The van der Waals surface area contributed by atoms with Crippen LogP contribution in [0.25, 0.3) is 6.08 Å². The van der Waals surface area contributed by atoms with Gasteiger partial charge in [0.25, 0.3) is 5.91 Å². The summed E-state index contributed by atoms with van der Waals surface area (Å²) in [7, 11) is 6.12. The number of carbonyl (C=O) groups excluding carboxylic acids is 2. The van der Waals surface area contributed by atoms with Gasteiger partial charge in [-0.15, -0.1) is 0 Å². The van der Waals surface area contributed by atoms with Crippen molar-refractivity contribution in [2.45, 2.75) is 12.0 Å². The first-order valence-corrected chi connectivity index (χ1v) is 11.3. The van der Waals surface area contributed by atoms with Gasteiger partial charge in [-0.2, -0.15) is 0 Å². The van der Waals surface area contributed by atoms with Crippen molar-refractivity contribution in [2.75, 3.05) is 38.7 Å². The molecule has 1 fully saturated rings. The predicted molar refractivity (Wildman–Crippen MR) is 138 cm³/mol. The van der Waals surface area contributed by atoms with E-state index in [-0.39, 0.29) is 18.2 Å². The number of β-lactam (4-membered cyclic amide) rings is 1. The van der Waals surface area contributed by atoms with Gasteiger partial charge in [0, 0.05) is 23.5 Å². The lowest BCUT2D eigenvalue weighted by Gasteiger charge is -2.48. The Kier molecular flexibility index (Phi) is 7.15. The van der Waals surface area contributed by atoms with Crippen LogP contribution in [0, 0.1) is 0 Å². The van der Waals surface area contributed by atoms with Crippen LogP contribution in [-0.4, -0.2) is 45.8 Å². The molecule has 0 bridgehead atoms. The van der Waals surface area contributed by atoms with E-state index in [1.165, 1.54) is 26.2 Å². The summed E-state index contributed by atoms with van der Waals surface area (Å²) in [6, 6.07) is 19.8. The van der Waals surface area contributed by atoms with Gasteiger partial charge in [-0.3, -0.25) is 14.5 Å². The molecule has 8 nitrogen and oxygen atoms in total. The quantitative estimate of drug-likeness (QED) is 0.445. The second-order valence-electron chi connectivity index (χ2n) is 8.14. The summed E-state index contributed by atoms with van der Waals surface area (Å²) in [5.41, 5.74) is 0.669. The Hall–Kier alpha value is -4.46. The first kappa shape index (κ1) is 24.7. The van der Waals surface area contributed by atoms with Crippen LogP contribution in [0.2, 0.25) is 0 Å². The van der Waals surface area contributed by atoms with Crippen LogP contribution in [0.5, 0.6) is 23.0 Å². The number of anilines is 2. The number of hydrogen-bond acceptors (Lipinski definition) is 6. The monoisotopic (exact) mass is 488 g/mol. The van der Waals surface area contributed by atoms with E-state index in [0.29, 0.717) is 34.4 Å². The normalized spacial score (nSPS) is 16.9. The molecule has 1 heterocycles. The number of nitrogens with one attached hydrogen (secondary N) is 1. The topological polar surface area (TPSA) is 86.3 Å². The average molecular weight is 489 g/mol. The Morgan fingerprint density at radius 2 is 1.44 bits per heavy atom. The number of amides is 2. The van der Waals surface area contributed by atoms with Crippen molar-refractivity contribution >= 4 is 29.3 Å². The first-order chi connectivity index (χ1) is 17.4. The minimum atomic E-state index is -1.26. The highest BCUT2D eigenvalue weighted by molar-refractivity contribution is 6.18. The van der Waals surface area contributed by atoms with Crippen molar-refractivity contribution in [3.63, 3.8) is 0 Å². The van der Waals surface area contributed by atoms with Gasteiger partial charge in [0.15, 0.2) is 28.5 Å². The molecule has 36 heavy (non-hydrogen) atoms. The van der Waals surface area contributed by atoms with Crippen molar-refractivity contribution in [3.8, 4) is 23.0 Å². The molecular weight excluding hydrogens is 460 g/mol. The summed E-state index contributed by atoms with van der Waals surface area (Å²) < 4.78 is 21.4. The molecule has 1 saturated heterocycles. The molecule has 3 aromatic rings. The van der Waals surface area contributed by atoms with Crippen LogP contribution < -0.4 is 29.2 Å². The maximum Gasteiger partial charge on any atom is 0.255 e. The molecule has 0 radical (unpaired) electrons. The number of hydrogen-bond donors (Lipinski definition) is 1. The molecule has 0 saturated carbocycles. The van der Waals surface area contributed by atoms with Gasteiger partial charge in [0.2, 0.25) is 5.91 Å². The third kappa shape index (κ3) is 4.57. The van der Waals surface area contributed by atoms with Gasteiger partial charge in [0.1, 0.15) is 0 Å². The van der Waals surface area contributed by atoms with E-state index in [2.05, 4.69) is 5.32 Å². The van der Waals surface area contributed by atoms with Crippen molar-refractivity contribution in [2.24, 2.45) is 0 Å². The number of rotatable bonds is 9. The number of methoxy groups -OCH3 is 4. The van der Waals surface area contributed by atoms with Crippen LogP contribution in [0.4, 0.5) is 11.4 Å². The Bertz CT molecular complexity index is 1290. The Morgan fingerprint density at radius 1 is 0.833 bits per heavy atom. The molecule has 1 atom stereocenters. The van der Waals surface area contributed by atoms with Gasteiger partial charge >= 0.3 is 0 Å². The smallest absolute Gasteiger partial charge is 0.255 e. The number of carbonyl (C=O) groups is 2. The fourth-order valence-electron chi connectivity index (χ4n) is 4.20. The molecule has 1 aliphatic heterocycles. The number of ether oxygens (including phenoxy) is 4. The third-order valence-electron chi connectivity index (χ3n) is 6.08. The molecule has 0 spiro atoms. The molecule has 1 N–H and O–H groups in total. The van der Waals surface area contributed by atoms with Crippen LogP contribution in [0.15, 0.2) is 72.8 Å². The lowest BCUT2D eigenvalue weighted by Crippen LogP contribution is -2.68. The maximum atomic E-state index is 13.8. The molecule has 0 aromatic heterocycles. The lowest BCUT2D eigenvalue weighted by molar-refractivity contribution is -0.134. The number of benzene rings is 3. The molecule has 1 unspecified atom stereocenters. The zero-order valence-corrected chi connectivity index (χ0v) is 20.6. The molecule has 8 heteroatoms. The van der Waals surface area contributed by atoms with Gasteiger partial charge in [-0.05, 0) is 35.9 Å². The Morgan fingerprint density at radius 3 is 2.06 bits per heavy atom. The van der Waals surface area contributed by atoms with E-state index in [0.717, 1.165) is 5.56 Å². The van der Waals surface area contributed by atoms with Crippen molar-refractivity contribution < 1.29 is 28.5 Å². The van der Waals surface area contributed by atoms with Crippen LogP contribution in [-0.2, 0) is 9.59 Å². The molecule has 1 aliphatic rings. The van der Waals surface area contributed by atoms with Gasteiger partial charge in [0.05, 0.1) is 34.9 Å². The van der Waals surface area contributed by atoms with Gasteiger partial charge in [-0.1, -0.05) is 36.4 Å². The molecular formula is C28H28N2O6. The third-order valence-corrected chi connectivity index (χ3v) is 6.08. The summed E-state index contributed by atoms with van der Waals surface area (Å²) in [4.78, 5) is 28.2. The molecule has 186 valence electrons. The van der Waals surface area contributed by atoms with E-state index in [4.69, 9.17) is 18.9 Å². The summed E-state index contributed by atoms with van der Waals surface area (Å²) in [5.74, 6) is 1.44. The summed E-state index contributed by atoms with van der Waals surface area (Å²) in [6.45, 7) is 0. The number of nitrogens with zero attached hydrogens (tertiary/aromatic N) is 1. The predicted octanol–water partition coefficient (Wildman–Crippen LogP) is 4.55. The molecule has 4 rings (SSSR count). The molecule has 2 amide bonds. The summed E-state index contributed by atoms with van der Waals surface area (Å²) >= 11 is 0. The highest BCUT2D eigenvalue weighted by Crippen LogP contribution is 2.43. The van der Waals surface area contributed by atoms with Gasteiger partial charge < -0.3 is 24.3 Å². The lowest BCUT2D eigenvalue weighted by atomic mass is 9.81.